The van der Waals surface area contributed by atoms with E-state index in [2.05, 4.69) is 6.92 Å². The van der Waals surface area contributed by atoms with Crippen LogP contribution in [0.2, 0.25) is 0 Å². The minimum absolute atomic E-state index is 0.119. The summed E-state index contributed by atoms with van der Waals surface area (Å²) in [5, 5.41) is 0. The van der Waals surface area contributed by atoms with Crippen molar-refractivity contribution in [1.29, 1.82) is 0 Å². The predicted molar refractivity (Wildman–Crippen MR) is 59.5 cm³/mol. The van der Waals surface area contributed by atoms with Crippen LogP contribution in [0.25, 0.3) is 0 Å². The number of ether oxygens (including phenoxy) is 1. The van der Waals surface area contributed by atoms with E-state index in [9.17, 15) is 4.79 Å². The molecule has 0 bridgehead atoms. The van der Waals surface area contributed by atoms with Gasteiger partial charge in [0.2, 0.25) is 0 Å². The SMILES string of the molecule is CC(=O)OC1(C)CCC2CCCCC2C1. The third-order valence-electron chi connectivity index (χ3n) is 4.19. The van der Waals surface area contributed by atoms with Gasteiger partial charge in [0.15, 0.2) is 0 Å². The zero-order valence-corrected chi connectivity index (χ0v) is 9.92. The lowest BCUT2D eigenvalue weighted by Crippen LogP contribution is -2.41. The molecule has 2 aliphatic carbocycles. The van der Waals surface area contributed by atoms with E-state index in [1.165, 1.54) is 39.0 Å². The Morgan fingerprint density at radius 2 is 1.87 bits per heavy atom. The van der Waals surface area contributed by atoms with Crippen molar-refractivity contribution in [1.82, 2.24) is 0 Å². The van der Waals surface area contributed by atoms with Crippen LogP contribution in [0.3, 0.4) is 0 Å². The highest BCUT2D eigenvalue weighted by atomic mass is 16.6. The zero-order chi connectivity index (χ0) is 10.9. The number of esters is 1. The fraction of sp³-hybridized carbons (Fsp3) is 0.923. The average Bonchev–Trinajstić information content (AvgIpc) is 2.15. The van der Waals surface area contributed by atoms with Crippen LogP contribution in [-0.4, -0.2) is 11.6 Å². The molecule has 0 spiro atoms. The summed E-state index contributed by atoms with van der Waals surface area (Å²) in [4.78, 5) is 11.1. The molecule has 86 valence electrons. The van der Waals surface area contributed by atoms with Crippen LogP contribution < -0.4 is 0 Å². The second-order valence-electron chi connectivity index (χ2n) is 5.59. The molecule has 0 N–H and O–H groups in total. The van der Waals surface area contributed by atoms with Gasteiger partial charge in [-0.3, -0.25) is 4.79 Å². The third kappa shape index (κ3) is 2.53. The van der Waals surface area contributed by atoms with Gasteiger partial charge in [0.1, 0.15) is 5.60 Å². The minimum Gasteiger partial charge on any atom is -0.460 e. The first-order valence-electron chi connectivity index (χ1n) is 6.29. The number of carbonyl (C=O) groups excluding carboxylic acids is 1. The summed E-state index contributed by atoms with van der Waals surface area (Å²) in [5.74, 6) is 1.62. The van der Waals surface area contributed by atoms with Crippen LogP contribution in [0.5, 0.6) is 0 Å². The van der Waals surface area contributed by atoms with E-state index in [0.29, 0.717) is 0 Å². The van der Waals surface area contributed by atoms with Gasteiger partial charge in [-0.05, 0) is 38.0 Å². The average molecular weight is 210 g/mol. The van der Waals surface area contributed by atoms with Crippen molar-refractivity contribution in [2.75, 3.05) is 0 Å². The Morgan fingerprint density at radius 3 is 2.53 bits per heavy atom. The monoisotopic (exact) mass is 210 g/mol. The van der Waals surface area contributed by atoms with Gasteiger partial charge in [0.05, 0.1) is 0 Å². The Labute approximate surface area is 92.4 Å². The number of hydrogen-bond donors (Lipinski definition) is 0. The van der Waals surface area contributed by atoms with Crippen LogP contribution >= 0.6 is 0 Å². The highest BCUT2D eigenvalue weighted by Crippen LogP contribution is 2.45. The molecule has 3 unspecified atom stereocenters. The lowest BCUT2D eigenvalue weighted by atomic mass is 9.66. The molecule has 0 saturated heterocycles. The molecule has 2 rings (SSSR count). The fourth-order valence-electron chi connectivity index (χ4n) is 3.52. The molecule has 2 aliphatic rings. The van der Waals surface area contributed by atoms with Crippen LogP contribution in [-0.2, 0) is 9.53 Å². The molecule has 2 nitrogen and oxygen atoms in total. The molecular formula is C13H22O2. The molecule has 0 radical (unpaired) electrons. The van der Waals surface area contributed by atoms with Crippen molar-refractivity contribution in [2.45, 2.75) is 64.4 Å². The number of rotatable bonds is 1. The van der Waals surface area contributed by atoms with Gasteiger partial charge in [-0.25, -0.2) is 0 Å². The van der Waals surface area contributed by atoms with Crippen molar-refractivity contribution < 1.29 is 9.53 Å². The summed E-state index contributed by atoms with van der Waals surface area (Å²) in [6.45, 7) is 3.64. The summed E-state index contributed by atoms with van der Waals surface area (Å²) in [5.41, 5.74) is -0.162. The van der Waals surface area contributed by atoms with E-state index in [0.717, 1.165) is 24.7 Å². The van der Waals surface area contributed by atoms with Crippen molar-refractivity contribution in [3.8, 4) is 0 Å². The van der Waals surface area contributed by atoms with E-state index >= 15 is 0 Å². The number of fused-ring (bicyclic) bond motifs is 1. The minimum atomic E-state index is -0.162. The summed E-state index contributed by atoms with van der Waals surface area (Å²) < 4.78 is 5.49. The Hall–Kier alpha value is -0.530. The van der Waals surface area contributed by atoms with Gasteiger partial charge in [-0.1, -0.05) is 25.7 Å². The van der Waals surface area contributed by atoms with E-state index in [-0.39, 0.29) is 11.6 Å². The van der Waals surface area contributed by atoms with E-state index in [1.807, 2.05) is 0 Å². The van der Waals surface area contributed by atoms with Crippen molar-refractivity contribution in [2.24, 2.45) is 11.8 Å². The van der Waals surface area contributed by atoms with Gasteiger partial charge in [0, 0.05) is 6.92 Å². The van der Waals surface area contributed by atoms with Gasteiger partial charge < -0.3 is 4.74 Å². The van der Waals surface area contributed by atoms with Crippen LogP contribution in [0.15, 0.2) is 0 Å². The molecule has 2 fully saturated rings. The van der Waals surface area contributed by atoms with Crippen LogP contribution in [0, 0.1) is 11.8 Å². The fourth-order valence-corrected chi connectivity index (χ4v) is 3.52. The Bertz CT molecular complexity index is 249. The van der Waals surface area contributed by atoms with Gasteiger partial charge in [-0.2, -0.15) is 0 Å². The molecule has 0 amide bonds. The second-order valence-corrected chi connectivity index (χ2v) is 5.59. The maximum atomic E-state index is 11.1. The maximum absolute atomic E-state index is 11.1. The summed E-state index contributed by atoms with van der Waals surface area (Å²) >= 11 is 0. The summed E-state index contributed by atoms with van der Waals surface area (Å²) in [7, 11) is 0. The number of hydrogen-bond acceptors (Lipinski definition) is 2. The molecule has 0 aromatic carbocycles. The highest BCUT2D eigenvalue weighted by Gasteiger charge is 2.40. The quantitative estimate of drug-likeness (QED) is 0.621. The number of carbonyl (C=O) groups is 1. The predicted octanol–water partition coefficient (Wildman–Crippen LogP) is 3.30. The maximum Gasteiger partial charge on any atom is 0.303 e. The summed E-state index contributed by atoms with van der Waals surface area (Å²) in [6.07, 6.45) is 8.95. The highest BCUT2D eigenvalue weighted by molar-refractivity contribution is 5.66. The first kappa shape index (κ1) is 11.0. The molecule has 3 atom stereocenters. The normalized spacial score (nSPS) is 40.7. The molecule has 0 aliphatic heterocycles. The first-order valence-corrected chi connectivity index (χ1v) is 6.29. The first-order chi connectivity index (χ1) is 7.09. The standard InChI is InChI=1S/C13H22O2/c1-10(14)15-13(2)8-7-11-5-3-4-6-12(11)9-13/h11-12H,3-9H2,1-2H3. The van der Waals surface area contributed by atoms with E-state index < -0.39 is 0 Å². The molecule has 2 saturated carbocycles. The zero-order valence-electron chi connectivity index (χ0n) is 9.92. The molecular weight excluding hydrogens is 188 g/mol. The van der Waals surface area contributed by atoms with Gasteiger partial charge in [0.25, 0.3) is 0 Å². The van der Waals surface area contributed by atoms with Crippen LogP contribution in [0.1, 0.15) is 58.8 Å². The summed E-state index contributed by atoms with van der Waals surface area (Å²) in [6, 6.07) is 0. The Morgan fingerprint density at radius 1 is 1.20 bits per heavy atom. The molecule has 15 heavy (non-hydrogen) atoms. The third-order valence-corrected chi connectivity index (χ3v) is 4.19. The van der Waals surface area contributed by atoms with Gasteiger partial charge in [-0.15, -0.1) is 0 Å². The molecule has 0 heterocycles. The van der Waals surface area contributed by atoms with Gasteiger partial charge >= 0.3 is 5.97 Å². The van der Waals surface area contributed by atoms with Crippen molar-refractivity contribution >= 4 is 5.97 Å². The molecule has 0 aromatic heterocycles. The van der Waals surface area contributed by atoms with E-state index in [4.69, 9.17) is 4.74 Å². The smallest absolute Gasteiger partial charge is 0.303 e. The van der Waals surface area contributed by atoms with Crippen molar-refractivity contribution in [3.05, 3.63) is 0 Å². The lowest BCUT2D eigenvalue weighted by Gasteiger charge is -2.44. The molecule has 0 aromatic rings. The topological polar surface area (TPSA) is 26.3 Å². The largest absolute Gasteiger partial charge is 0.460 e. The molecule has 2 heteroatoms. The Balaban J connectivity index is 1.97. The second kappa shape index (κ2) is 4.15. The van der Waals surface area contributed by atoms with Crippen molar-refractivity contribution in [3.63, 3.8) is 0 Å². The lowest BCUT2D eigenvalue weighted by molar-refractivity contribution is -0.162. The Kier molecular flexibility index (Phi) is 3.03. The van der Waals surface area contributed by atoms with Crippen LogP contribution in [0.4, 0.5) is 0 Å². The van der Waals surface area contributed by atoms with E-state index in [1.54, 1.807) is 0 Å².